The van der Waals surface area contributed by atoms with E-state index in [0.717, 1.165) is 5.56 Å². The molecule has 0 aliphatic heterocycles. The van der Waals surface area contributed by atoms with Crippen LogP contribution in [0.4, 0.5) is 10.1 Å². The SMILES string of the molecule is Cc1ccccc1C(=O)N=Nc1c(O)[nH]c2ccc(F)cc12. The largest absolute Gasteiger partial charge is 0.493 e. The number of hydrogen-bond acceptors (Lipinski definition) is 3. The van der Waals surface area contributed by atoms with E-state index in [0.29, 0.717) is 16.5 Å². The zero-order valence-corrected chi connectivity index (χ0v) is 11.7. The molecule has 3 rings (SSSR count). The maximum absolute atomic E-state index is 13.3. The molecule has 0 radical (unpaired) electrons. The lowest BCUT2D eigenvalue weighted by molar-refractivity contribution is 0.0994. The van der Waals surface area contributed by atoms with Crippen molar-refractivity contribution in [3.63, 3.8) is 0 Å². The van der Waals surface area contributed by atoms with Gasteiger partial charge < -0.3 is 10.1 Å². The zero-order chi connectivity index (χ0) is 15.7. The predicted molar refractivity (Wildman–Crippen MR) is 79.9 cm³/mol. The zero-order valence-electron chi connectivity index (χ0n) is 11.7. The van der Waals surface area contributed by atoms with Crippen molar-refractivity contribution in [1.82, 2.24) is 4.98 Å². The topological polar surface area (TPSA) is 77.8 Å². The Hall–Kier alpha value is -3.02. The number of carbonyl (C=O) groups is 1. The van der Waals surface area contributed by atoms with Gasteiger partial charge >= 0.3 is 0 Å². The summed E-state index contributed by atoms with van der Waals surface area (Å²) in [7, 11) is 0. The second-order valence-corrected chi connectivity index (χ2v) is 4.83. The highest BCUT2D eigenvalue weighted by Gasteiger charge is 2.13. The molecule has 0 spiro atoms. The number of aromatic amines is 1. The minimum absolute atomic E-state index is 0.0384. The summed E-state index contributed by atoms with van der Waals surface area (Å²) in [5.41, 5.74) is 1.75. The van der Waals surface area contributed by atoms with Crippen molar-refractivity contribution in [2.45, 2.75) is 6.92 Å². The predicted octanol–water partition coefficient (Wildman–Crippen LogP) is 4.25. The molecule has 0 bridgehead atoms. The van der Waals surface area contributed by atoms with Crippen LogP contribution in [0.25, 0.3) is 10.9 Å². The van der Waals surface area contributed by atoms with Crippen LogP contribution in [0.2, 0.25) is 0 Å². The van der Waals surface area contributed by atoms with Crippen LogP contribution in [-0.4, -0.2) is 16.0 Å². The Kier molecular flexibility index (Phi) is 3.42. The Morgan fingerprint density at radius 1 is 1.23 bits per heavy atom. The van der Waals surface area contributed by atoms with E-state index in [9.17, 15) is 14.3 Å². The summed E-state index contributed by atoms with van der Waals surface area (Å²) in [5, 5.41) is 17.6. The average Bonchev–Trinajstić information content (AvgIpc) is 2.80. The van der Waals surface area contributed by atoms with Gasteiger partial charge in [0.2, 0.25) is 5.88 Å². The van der Waals surface area contributed by atoms with Gasteiger partial charge in [0.1, 0.15) is 5.82 Å². The Labute approximate surface area is 125 Å². The standard InChI is InChI=1S/C16H12FN3O2/c1-9-4-2-3-5-11(9)15(21)20-19-14-12-8-10(17)6-7-13(12)18-16(14)22/h2-8,18,22H,1H3. The van der Waals surface area contributed by atoms with E-state index in [1.807, 2.05) is 6.07 Å². The number of rotatable bonds is 2. The maximum Gasteiger partial charge on any atom is 0.295 e. The molecule has 0 fully saturated rings. The molecule has 5 nitrogen and oxygen atoms in total. The summed E-state index contributed by atoms with van der Waals surface area (Å²) in [6.45, 7) is 1.79. The van der Waals surface area contributed by atoms with Crippen LogP contribution in [0.5, 0.6) is 5.88 Å². The van der Waals surface area contributed by atoms with Gasteiger partial charge in [0.15, 0.2) is 5.69 Å². The van der Waals surface area contributed by atoms with Crippen molar-refractivity contribution in [3.05, 3.63) is 59.4 Å². The fourth-order valence-corrected chi connectivity index (χ4v) is 2.20. The number of H-pyrrole nitrogens is 1. The van der Waals surface area contributed by atoms with Gasteiger partial charge in [-0.05, 0) is 36.8 Å². The number of carbonyl (C=O) groups excluding carboxylic acids is 1. The quantitative estimate of drug-likeness (QED) is 0.694. The number of benzene rings is 2. The third-order valence-corrected chi connectivity index (χ3v) is 3.33. The number of halogens is 1. The number of aromatic hydroxyl groups is 1. The van der Waals surface area contributed by atoms with Crippen LogP contribution in [0.1, 0.15) is 15.9 Å². The first-order chi connectivity index (χ1) is 10.6. The van der Waals surface area contributed by atoms with Crippen LogP contribution in [0, 0.1) is 12.7 Å². The number of fused-ring (bicyclic) bond motifs is 1. The molecule has 1 aromatic heterocycles. The smallest absolute Gasteiger partial charge is 0.295 e. The highest BCUT2D eigenvalue weighted by molar-refractivity contribution is 5.97. The molecule has 1 amide bonds. The number of amides is 1. The molecule has 0 aliphatic rings. The lowest BCUT2D eigenvalue weighted by Gasteiger charge is -1.98. The third-order valence-electron chi connectivity index (χ3n) is 3.33. The van der Waals surface area contributed by atoms with Gasteiger partial charge in [0, 0.05) is 10.9 Å². The second-order valence-electron chi connectivity index (χ2n) is 4.83. The Morgan fingerprint density at radius 3 is 2.77 bits per heavy atom. The van der Waals surface area contributed by atoms with Crippen molar-refractivity contribution in [3.8, 4) is 5.88 Å². The van der Waals surface area contributed by atoms with Gasteiger partial charge in [-0.1, -0.05) is 18.2 Å². The fourth-order valence-electron chi connectivity index (χ4n) is 2.20. The molecule has 22 heavy (non-hydrogen) atoms. The van der Waals surface area contributed by atoms with E-state index >= 15 is 0 Å². The third kappa shape index (κ3) is 2.46. The van der Waals surface area contributed by atoms with Crippen molar-refractivity contribution < 1.29 is 14.3 Å². The molecule has 0 saturated heterocycles. The summed E-state index contributed by atoms with van der Waals surface area (Å²) < 4.78 is 13.3. The first-order valence-electron chi connectivity index (χ1n) is 6.58. The van der Waals surface area contributed by atoms with E-state index in [1.165, 1.54) is 18.2 Å². The van der Waals surface area contributed by atoms with E-state index in [4.69, 9.17) is 0 Å². The Morgan fingerprint density at radius 2 is 2.00 bits per heavy atom. The first-order valence-corrected chi connectivity index (χ1v) is 6.58. The molecule has 0 atom stereocenters. The molecule has 0 aliphatic carbocycles. The fraction of sp³-hybridized carbons (Fsp3) is 0.0625. The number of azo groups is 1. The second kappa shape index (κ2) is 5.40. The summed E-state index contributed by atoms with van der Waals surface area (Å²) in [5.74, 6) is -1.25. The molecule has 2 N–H and O–H groups in total. The maximum atomic E-state index is 13.3. The van der Waals surface area contributed by atoms with Gasteiger partial charge in [-0.15, -0.1) is 10.2 Å². The van der Waals surface area contributed by atoms with E-state index in [-0.39, 0.29) is 11.6 Å². The van der Waals surface area contributed by atoms with E-state index in [2.05, 4.69) is 15.2 Å². The number of hydrogen-bond donors (Lipinski definition) is 2. The van der Waals surface area contributed by atoms with E-state index < -0.39 is 11.7 Å². The highest BCUT2D eigenvalue weighted by Crippen LogP contribution is 2.35. The van der Waals surface area contributed by atoms with Gasteiger partial charge in [0.05, 0.1) is 5.52 Å². The number of nitrogens with one attached hydrogen (secondary N) is 1. The normalized spacial score (nSPS) is 11.4. The van der Waals surface area contributed by atoms with Gasteiger partial charge in [-0.3, -0.25) is 4.79 Å². The molecule has 110 valence electrons. The highest BCUT2D eigenvalue weighted by atomic mass is 19.1. The van der Waals surface area contributed by atoms with Crippen LogP contribution >= 0.6 is 0 Å². The Bertz CT molecular complexity index is 900. The molecular formula is C16H12FN3O2. The molecule has 2 aromatic carbocycles. The first kappa shape index (κ1) is 13.9. The average molecular weight is 297 g/mol. The van der Waals surface area contributed by atoms with Crippen molar-refractivity contribution in [2.75, 3.05) is 0 Å². The summed E-state index contributed by atoms with van der Waals surface area (Å²) in [6.07, 6.45) is 0. The van der Waals surface area contributed by atoms with Crippen LogP contribution in [0.15, 0.2) is 52.7 Å². The minimum Gasteiger partial charge on any atom is -0.493 e. The lowest BCUT2D eigenvalue weighted by atomic mass is 10.1. The van der Waals surface area contributed by atoms with Crippen LogP contribution in [-0.2, 0) is 0 Å². The minimum atomic E-state index is -0.525. The molecule has 0 saturated carbocycles. The number of aromatic nitrogens is 1. The molecule has 3 aromatic rings. The summed E-state index contributed by atoms with van der Waals surface area (Å²) in [4.78, 5) is 14.7. The molecule has 6 heteroatoms. The molecular weight excluding hydrogens is 285 g/mol. The van der Waals surface area contributed by atoms with Gasteiger partial charge in [-0.2, -0.15) is 0 Å². The van der Waals surface area contributed by atoms with Gasteiger partial charge in [-0.25, -0.2) is 4.39 Å². The van der Waals surface area contributed by atoms with Crippen molar-refractivity contribution >= 4 is 22.5 Å². The monoisotopic (exact) mass is 297 g/mol. The van der Waals surface area contributed by atoms with Crippen LogP contribution in [0.3, 0.4) is 0 Å². The summed E-state index contributed by atoms with van der Waals surface area (Å²) in [6, 6.07) is 10.9. The number of nitrogens with zero attached hydrogens (tertiary/aromatic N) is 2. The van der Waals surface area contributed by atoms with Crippen molar-refractivity contribution in [2.24, 2.45) is 10.2 Å². The lowest BCUT2D eigenvalue weighted by Crippen LogP contribution is -1.96. The Balaban J connectivity index is 1.99. The van der Waals surface area contributed by atoms with Crippen molar-refractivity contribution in [1.29, 1.82) is 0 Å². The summed E-state index contributed by atoms with van der Waals surface area (Å²) >= 11 is 0. The van der Waals surface area contributed by atoms with Crippen LogP contribution < -0.4 is 0 Å². The van der Waals surface area contributed by atoms with E-state index in [1.54, 1.807) is 25.1 Å². The number of aryl methyl sites for hydroxylation is 1. The molecule has 1 heterocycles. The molecule has 0 unspecified atom stereocenters. The van der Waals surface area contributed by atoms with Gasteiger partial charge in [0.25, 0.3) is 5.91 Å².